The van der Waals surface area contributed by atoms with Crippen LogP contribution in [0, 0.1) is 0 Å². The van der Waals surface area contributed by atoms with Crippen LogP contribution in [0.1, 0.15) is 38.3 Å². The number of hydrogen-bond donors (Lipinski definition) is 1. The van der Waals surface area contributed by atoms with Crippen molar-refractivity contribution in [2.24, 2.45) is 0 Å². The van der Waals surface area contributed by atoms with Crippen LogP contribution in [-0.2, 0) is 22.6 Å². The highest BCUT2D eigenvalue weighted by Gasteiger charge is 2.28. The molecule has 0 spiro atoms. The Labute approximate surface area is 188 Å². The van der Waals surface area contributed by atoms with E-state index in [1.807, 2.05) is 38.1 Å². The summed E-state index contributed by atoms with van der Waals surface area (Å²) in [4.78, 5) is 27.2. The molecule has 2 aromatic rings. The van der Waals surface area contributed by atoms with E-state index in [2.05, 4.69) is 12.2 Å². The summed E-state index contributed by atoms with van der Waals surface area (Å²) in [7, 11) is 0. The van der Waals surface area contributed by atoms with Gasteiger partial charge in [-0.2, -0.15) is 0 Å². The van der Waals surface area contributed by atoms with Gasteiger partial charge in [0.25, 0.3) is 5.91 Å². The minimum absolute atomic E-state index is 0.164. The van der Waals surface area contributed by atoms with Crippen LogP contribution >= 0.6 is 23.2 Å². The lowest BCUT2D eigenvalue weighted by Gasteiger charge is -2.30. The van der Waals surface area contributed by atoms with Gasteiger partial charge in [0, 0.05) is 13.1 Å². The number of carbonyl (C=O) groups is 2. The number of nitrogens with zero attached hydrogens (tertiary/aromatic N) is 1. The minimum Gasteiger partial charge on any atom is -0.484 e. The number of carbonyl (C=O) groups excluding carboxylic acids is 2. The number of halogens is 2. The number of hydrogen-bond acceptors (Lipinski definition) is 3. The second kappa shape index (κ2) is 11.8. The highest BCUT2D eigenvalue weighted by Crippen LogP contribution is 2.24. The molecule has 0 fully saturated rings. The zero-order valence-corrected chi connectivity index (χ0v) is 19.1. The second-order valence-corrected chi connectivity index (χ2v) is 7.69. The van der Waals surface area contributed by atoms with Gasteiger partial charge in [0.1, 0.15) is 11.8 Å². The average molecular weight is 451 g/mol. The molecule has 30 heavy (non-hydrogen) atoms. The molecule has 0 unspecified atom stereocenters. The molecule has 0 aliphatic rings. The third-order valence-corrected chi connectivity index (χ3v) is 5.51. The maximum Gasteiger partial charge on any atom is 0.261 e. The molecular formula is C23H28Cl2N2O3. The van der Waals surface area contributed by atoms with E-state index in [0.717, 1.165) is 12.0 Å². The standard InChI is InChI=1S/C23H28Cl2N2O3/c1-4-16-7-10-18(11-8-16)30-15-22(28)27(21(5-2)23(29)26-6-3)14-17-9-12-19(24)20(25)13-17/h7-13,21H,4-6,14-15H2,1-3H3,(H,26,29)/t21-/m0/s1. The van der Waals surface area contributed by atoms with E-state index in [1.54, 1.807) is 18.2 Å². The third kappa shape index (κ3) is 6.64. The largest absolute Gasteiger partial charge is 0.484 e. The molecule has 0 aliphatic carbocycles. The molecule has 1 N–H and O–H groups in total. The van der Waals surface area contributed by atoms with Crippen molar-refractivity contribution in [3.05, 3.63) is 63.6 Å². The summed E-state index contributed by atoms with van der Waals surface area (Å²) in [5.41, 5.74) is 1.98. The second-order valence-electron chi connectivity index (χ2n) is 6.87. The molecule has 162 valence electrons. The highest BCUT2D eigenvalue weighted by atomic mass is 35.5. The van der Waals surface area contributed by atoms with E-state index in [-0.39, 0.29) is 25.0 Å². The number of rotatable bonds is 10. The summed E-state index contributed by atoms with van der Waals surface area (Å²) >= 11 is 12.1. The fraction of sp³-hybridized carbons (Fsp3) is 0.391. The topological polar surface area (TPSA) is 58.6 Å². The summed E-state index contributed by atoms with van der Waals surface area (Å²) in [6, 6.07) is 12.2. The SMILES string of the molecule is CCNC(=O)[C@H](CC)N(Cc1ccc(Cl)c(Cl)c1)C(=O)COc1ccc(CC)cc1. The number of amides is 2. The summed E-state index contributed by atoms with van der Waals surface area (Å²) in [6.45, 7) is 6.35. The monoisotopic (exact) mass is 450 g/mol. The van der Waals surface area contributed by atoms with Gasteiger partial charge in [-0.05, 0) is 55.2 Å². The Hall–Kier alpha value is -2.24. The fourth-order valence-corrected chi connectivity index (χ4v) is 3.42. The Balaban J connectivity index is 2.19. The van der Waals surface area contributed by atoms with Crippen LogP contribution in [0.3, 0.4) is 0 Å². The van der Waals surface area contributed by atoms with Crippen molar-refractivity contribution in [2.45, 2.75) is 46.2 Å². The number of benzene rings is 2. The van der Waals surface area contributed by atoms with Crippen molar-refractivity contribution in [3.8, 4) is 5.75 Å². The Morgan fingerprint density at radius 2 is 1.67 bits per heavy atom. The zero-order valence-electron chi connectivity index (χ0n) is 17.6. The minimum atomic E-state index is -0.613. The van der Waals surface area contributed by atoms with Crippen LogP contribution in [0.4, 0.5) is 0 Å². The Morgan fingerprint density at radius 3 is 2.23 bits per heavy atom. The van der Waals surface area contributed by atoms with Crippen molar-refractivity contribution in [3.63, 3.8) is 0 Å². The van der Waals surface area contributed by atoms with Gasteiger partial charge >= 0.3 is 0 Å². The number of aryl methyl sites for hydroxylation is 1. The van der Waals surface area contributed by atoms with Crippen LogP contribution in [0.2, 0.25) is 10.0 Å². The molecule has 2 aromatic carbocycles. The zero-order chi connectivity index (χ0) is 22.1. The predicted octanol–water partition coefficient (Wildman–Crippen LogP) is 4.88. The third-order valence-electron chi connectivity index (χ3n) is 4.77. The van der Waals surface area contributed by atoms with Gasteiger partial charge in [0.05, 0.1) is 10.0 Å². The molecular weight excluding hydrogens is 423 g/mol. The molecule has 0 bridgehead atoms. The highest BCUT2D eigenvalue weighted by molar-refractivity contribution is 6.42. The first kappa shape index (κ1) is 24.0. The predicted molar refractivity (Wildman–Crippen MR) is 121 cm³/mol. The molecule has 2 rings (SSSR count). The molecule has 0 radical (unpaired) electrons. The quantitative estimate of drug-likeness (QED) is 0.560. The van der Waals surface area contributed by atoms with E-state index in [0.29, 0.717) is 28.8 Å². The molecule has 5 nitrogen and oxygen atoms in total. The summed E-state index contributed by atoms with van der Waals surface area (Å²) in [5.74, 6) is 0.139. The maximum absolute atomic E-state index is 13.1. The Kier molecular flexibility index (Phi) is 9.47. The molecule has 7 heteroatoms. The first-order valence-corrected chi connectivity index (χ1v) is 10.9. The van der Waals surface area contributed by atoms with Crippen molar-refractivity contribution in [1.82, 2.24) is 10.2 Å². The fourth-order valence-electron chi connectivity index (χ4n) is 3.10. The van der Waals surface area contributed by atoms with Crippen LogP contribution in [-0.4, -0.2) is 35.9 Å². The molecule has 0 heterocycles. The van der Waals surface area contributed by atoms with Gasteiger partial charge in [-0.1, -0.05) is 55.2 Å². The van der Waals surface area contributed by atoms with E-state index >= 15 is 0 Å². The van der Waals surface area contributed by atoms with Crippen LogP contribution in [0.5, 0.6) is 5.75 Å². The number of ether oxygens (including phenoxy) is 1. The molecule has 0 saturated carbocycles. The smallest absolute Gasteiger partial charge is 0.261 e. The Morgan fingerprint density at radius 1 is 1.00 bits per heavy atom. The Bertz CT molecular complexity index is 856. The first-order chi connectivity index (χ1) is 14.4. The molecule has 0 saturated heterocycles. The van der Waals surface area contributed by atoms with Gasteiger partial charge in [0.2, 0.25) is 5.91 Å². The van der Waals surface area contributed by atoms with Gasteiger partial charge in [-0.25, -0.2) is 0 Å². The summed E-state index contributed by atoms with van der Waals surface area (Å²) < 4.78 is 5.69. The maximum atomic E-state index is 13.1. The van der Waals surface area contributed by atoms with Crippen molar-refractivity contribution >= 4 is 35.0 Å². The molecule has 1 atom stereocenters. The lowest BCUT2D eigenvalue weighted by molar-refractivity contribution is -0.142. The van der Waals surface area contributed by atoms with Crippen molar-refractivity contribution in [2.75, 3.05) is 13.2 Å². The van der Waals surface area contributed by atoms with Crippen molar-refractivity contribution < 1.29 is 14.3 Å². The van der Waals surface area contributed by atoms with Crippen LogP contribution < -0.4 is 10.1 Å². The van der Waals surface area contributed by atoms with E-state index < -0.39 is 6.04 Å². The van der Waals surface area contributed by atoms with Gasteiger partial charge in [-0.3, -0.25) is 9.59 Å². The number of likely N-dealkylation sites (N-methyl/N-ethyl adjacent to an activating group) is 1. The van der Waals surface area contributed by atoms with Crippen LogP contribution in [0.25, 0.3) is 0 Å². The van der Waals surface area contributed by atoms with E-state index in [9.17, 15) is 9.59 Å². The van der Waals surface area contributed by atoms with E-state index in [4.69, 9.17) is 27.9 Å². The van der Waals surface area contributed by atoms with Crippen LogP contribution in [0.15, 0.2) is 42.5 Å². The normalized spacial score (nSPS) is 11.6. The molecule has 0 aliphatic heterocycles. The summed E-state index contributed by atoms with van der Waals surface area (Å²) in [6.07, 6.45) is 1.41. The van der Waals surface area contributed by atoms with Gasteiger partial charge in [-0.15, -0.1) is 0 Å². The van der Waals surface area contributed by atoms with Gasteiger partial charge in [0.15, 0.2) is 6.61 Å². The van der Waals surface area contributed by atoms with Gasteiger partial charge < -0.3 is 15.0 Å². The number of nitrogens with one attached hydrogen (secondary N) is 1. The molecule has 0 aromatic heterocycles. The average Bonchev–Trinajstić information content (AvgIpc) is 2.75. The summed E-state index contributed by atoms with van der Waals surface area (Å²) in [5, 5.41) is 3.64. The van der Waals surface area contributed by atoms with Crippen molar-refractivity contribution in [1.29, 1.82) is 0 Å². The molecule has 2 amide bonds. The van der Waals surface area contributed by atoms with E-state index in [1.165, 1.54) is 10.5 Å². The lowest BCUT2D eigenvalue weighted by Crippen LogP contribution is -2.50. The lowest BCUT2D eigenvalue weighted by atomic mass is 10.1. The first-order valence-electron chi connectivity index (χ1n) is 10.1.